The minimum absolute atomic E-state index is 0.0696. The first kappa shape index (κ1) is 23.2. The quantitative estimate of drug-likeness (QED) is 0.282. The van der Waals surface area contributed by atoms with Gasteiger partial charge in [0.25, 0.3) is 0 Å². The second-order valence-corrected chi connectivity index (χ2v) is 8.67. The summed E-state index contributed by atoms with van der Waals surface area (Å²) < 4.78 is 15.9. The number of carbonyl (C=O) groups excluding carboxylic acids is 3. The van der Waals surface area contributed by atoms with Crippen LogP contribution < -0.4 is 9.47 Å². The average Bonchev–Trinajstić information content (AvgIpc) is 3.09. The molecule has 34 heavy (non-hydrogen) atoms. The largest absolute Gasteiger partial charge is 0.496 e. The fourth-order valence-corrected chi connectivity index (χ4v) is 4.51. The number of rotatable bonds is 4. The van der Waals surface area contributed by atoms with Crippen LogP contribution in [0.4, 0.5) is 0 Å². The Bertz CT molecular complexity index is 1400. The molecular weight excluding hydrogens is 432 g/mol. The van der Waals surface area contributed by atoms with Crippen LogP contribution in [0.5, 0.6) is 11.5 Å². The highest BCUT2D eigenvalue weighted by atomic mass is 16.6. The Kier molecular flexibility index (Phi) is 5.77. The van der Waals surface area contributed by atoms with E-state index in [1.54, 1.807) is 7.11 Å². The Morgan fingerprint density at radius 2 is 1.21 bits per heavy atom. The number of carbonyl (C=O) groups is 3. The van der Waals surface area contributed by atoms with Gasteiger partial charge in [-0.2, -0.15) is 0 Å². The smallest absolute Gasteiger partial charge is 0.346 e. The van der Waals surface area contributed by atoms with Gasteiger partial charge in [0, 0.05) is 0 Å². The van der Waals surface area contributed by atoms with Gasteiger partial charge in [-0.1, -0.05) is 0 Å². The summed E-state index contributed by atoms with van der Waals surface area (Å²) in [6.07, 6.45) is 0. The Morgan fingerprint density at radius 3 is 1.79 bits per heavy atom. The number of ether oxygens (including phenoxy) is 3. The molecule has 0 fully saturated rings. The molecule has 0 radical (unpaired) electrons. The van der Waals surface area contributed by atoms with Gasteiger partial charge in [-0.3, -0.25) is 0 Å². The maximum absolute atomic E-state index is 12.9. The fraction of sp³-hybridized carbons (Fsp3) is 0.250. The van der Waals surface area contributed by atoms with Crippen molar-refractivity contribution in [2.75, 3.05) is 7.11 Å². The van der Waals surface area contributed by atoms with Crippen LogP contribution in [0.2, 0.25) is 0 Å². The summed E-state index contributed by atoms with van der Waals surface area (Å²) in [5.74, 6) is -0.719. The lowest BCUT2D eigenvalue weighted by molar-refractivity contribution is 0.0443. The molecule has 6 nitrogen and oxygen atoms in total. The van der Waals surface area contributed by atoms with Crippen LogP contribution in [0, 0.1) is 41.5 Å². The second-order valence-electron chi connectivity index (χ2n) is 8.67. The van der Waals surface area contributed by atoms with Crippen molar-refractivity contribution >= 4 is 17.9 Å². The van der Waals surface area contributed by atoms with E-state index in [2.05, 4.69) is 24.7 Å². The van der Waals surface area contributed by atoms with E-state index >= 15 is 0 Å². The summed E-state index contributed by atoms with van der Waals surface area (Å²) >= 11 is 0. The summed E-state index contributed by atoms with van der Waals surface area (Å²) in [6, 6.07) is 8.35. The van der Waals surface area contributed by atoms with Crippen molar-refractivity contribution in [1.29, 1.82) is 0 Å². The number of esters is 3. The zero-order valence-corrected chi connectivity index (χ0v) is 20.3. The van der Waals surface area contributed by atoms with E-state index in [9.17, 15) is 14.4 Å². The molecule has 0 saturated carbocycles. The van der Waals surface area contributed by atoms with Gasteiger partial charge in [0.2, 0.25) is 0 Å². The van der Waals surface area contributed by atoms with Gasteiger partial charge in [0.05, 0.1) is 23.8 Å². The van der Waals surface area contributed by atoms with Crippen LogP contribution in [0.25, 0.3) is 11.1 Å². The summed E-state index contributed by atoms with van der Waals surface area (Å²) in [6.45, 7) is 12.0. The Hall–Kier alpha value is -3.93. The molecule has 0 N–H and O–H groups in total. The molecule has 0 amide bonds. The van der Waals surface area contributed by atoms with E-state index < -0.39 is 17.9 Å². The number of benzene rings is 3. The molecule has 0 aromatic heterocycles. The van der Waals surface area contributed by atoms with E-state index in [0.717, 1.165) is 50.3 Å². The summed E-state index contributed by atoms with van der Waals surface area (Å²) in [7, 11) is 1.68. The third kappa shape index (κ3) is 3.65. The first-order valence-corrected chi connectivity index (χ1v) is 10.9. The topological polar surface area (TPSA) is 78.9 Å². The lowest BCUT2D eigenvalue weighted by atomic mass is 9.88. The van der Waals surface area contributed by atoms with Crippen LogP contribution in [0.15, 0.2) is 30.3 Å². The predicted molar refractivity (Wildman–Crippen MR) is 128 cm³/mol. The van der Waals surface area contributed by atoms with Crippen molar-refractivity contribution in [2.24, 2.45) is 0 Å². The normalized spacial score (nSPS) is 12.4. The minimum atomic E-state index is -0.761. The highest BCUT2D eigenvalue weighted by molar-refractivity contribution is 6.15. The molecule has 0 bridgehead atoms. The molecule has 1 aliphatic heterocycles. The Labute approximate surface area is 198 Å². The number of cyclic esters (lactones) is 2. The molecular formula is C28H26O6. The number of fused-ring (bicyclic) bond motifs is 1. The van der Waals surface area contributed by atoms with Gasteiger partial charge >= 0.3 is 17.9 Å². The molecule has 3 aromatic carbocycles. The molecule has 3 aromatic rings. The van der Waals surface area contributed by atoms with Crippen molar-refractivity contribution in [3.63, 3.8) is 0 Å². The molecule has 0 atom stereocenters. The SMILES string of the molecule is COc1c(C)cc(-c2cc(C)c(OC(=O)c3ccc4c(c3)C(=O)OC4=O)c(C)c2C)c(C)c1C. The molecule has 1 heterocycles. The third-order valence-electron chi connectivity index (χ3n) is 6.62. The predicted octanol–water partition coefficient (Wildman–Crippen LogP) is 5.74. The van der Waals surface area contributed by atoms with Crippen LogP contribution in [0.1, 0.15) is 64.5 Å². The van der Waals surface area contributed by atoms with E-state index in [0.29, 0.717) is 5.75 Å². The first-order chi connectivity index (χ1) is 16.0. The maximum Gasteiger partial charge on any atom is 0.346 e. The van der Waals surface area contributed by atoms with Crippen LogP contribution in [-0.2, 0) is 4.74 Å². The number of hydrogen-bond acceptors (Lipinski definition) is 6. The van der Waals surface area contributed by atoms with Crippen molar-refractivity contribution in [2.45, 2.75) is 41.5 Å². The van der Waals surface area contributed by atoms with E-state index in [-0.39, 0.29) is 16.7 Å². The van der Waals surface area contributed by atoms with Gasteiger partial charge in [-0.25, -0.2) is 14.4 Å². The van der Waals surface area contributed by atoms with Crippen LogP contribution in [0.3, 0.4) is 0 Å². The molecule has 4 rings (SSSR count). The molecule has 174 valence electrons. The second kappa shape index (κ2) is 8.45. The standard InChI is InChI=1S/C28H26O6/c1-13-10-21(15(3)17(5)24(13)32-7)22-11-14(2)25(18(6)16(22)4)33-26(29)19-8-9-20-23(12-19)28(31)34-27(20)30/h8-12H,1-7H3. The lowest BCUT2D eigenvalue weighted by Crippen LogP contribution is -2.12. The summed E-state index contributed by atoms with van der Waals surface area (Å²) in [4.78, 5) is 36.4. The number of hydrogen-bond donors (Lipinski definition) is 0. The highest BCUT2D eigenvalue weighted by Gasteiger charge is 2.31. The van der Waals surface area contributed by atoms with Crippen LogP contribution in [-0.4, -0.2) is 25.0 Å². The van der Waals surface area contributed by atoms with Crippen molar-refractivity contribution in [3.8, 4) is 22.6 Å². The summed E-state index contributed by atoms with van der Waals surface area (Å²) in [5.41, 5.74) is 8.52. The zero-order chi connectivity index (χ0) is 24.9. The zero-order valence-electron chi connectivity index (χ0n) is 20.3. The minimum Gasteiger partial charge on any atom is -0.496 e. The van der Waals surface area contributed by atoms with Gasteiger partial charge in [-0.15, -0.1) is 0 Å². The molecule has 0 spiro atoms. The summed E-state index contributed by atoms with van der Waals surface area (Å²) in [5, 5.41) is 0. The lowest BCUT2D eigenvalue weighted by Gasteiger charge is -2.20. The van der Waals surface area contributed by atoms with Gasteiger partial charge in [0.1, 0.15) is 11.5 Å². The van der Waals surface area contributed by atoms with Crippen molar-refractivity contribution in [1.82, 2.24) is 0 Å². The van der Waals surface area contributed by atoms with Gasteiger partial charge in [-0.05, 0) is 116 Å². The van der Waals surface area contributed by atoms with E-state index in [1.165, 1.54) is 18.2 Å². The monoisotopic (exact) mass is 458 g/mol. The Balaban J connectivity index is 1.72. The third-order valence-corrected chi connectivity index (χ3v) is 6.62. The Morgan fingerprint density at radius 1 is 0.676 bits per heavy atom. The van der Waals surface area contributed by atoms with Gasteiger partial charge < -0.3 is 14.2 Å². The van der Waals surface area contributed by atoms with Gasteiger partial charge in [0.15, 0.2) is 0 Å². The maximum atomic E-state index is 12.9. The highest BCUT2D eigenvalue weighted by Crippen LogP contribution is 2.40. The first-order valence-electron chi connectivity index (χ1n) is 10.9. The molecule has 6 heteroatoms. The average molecular weight is 459 g/mol. The molecule has 0 saturated heterocycles. The number of methoxy groups -OCH3 is 1. The van der Waals surface area contributed by atoms with E-state index in [1.807, 2.05) is 33.8 Å². The number of aryl methyl sites for hydroxylation is 2. The molecule has 0 unspecified atom stereocenters. The molecule has 0 aliphatic carbocycles. The van der Waals surface area contributed by atoms with Crippen LogP contribution >= 0.6 is 0 Å². The van der Waals surface area contributed by atoms with Crippen molar-refractivity contribution < 1.29 is 28.6 Å². The van der Waals surface area contributed by atoms with E-state index in [4.69, 9.17) is 9.47 Å². The molecule has 1 aliphatic rings. The van der Waals surface area contributed by atoms with Crippen molar-refractivity contribution in [3.05, 3.63) is 80.4 Å². The fourth-order valence-electron chi connectivity index (χ4n) is 4.51.